The summed E-state index contributed by atoms with van der Waals surface area (Å²) < 4.78 is 5.05. The molecule has 0 bridgehead atoms. The number of aromatic nitrogens is 3. The Balaban J connectivity index is 1.66. The third-order valence-electron chi connectivity index (χ3n) is 3.73. The van der Waals surface area contributed by atoms with E-state index in [0.29, 0.717) is 5.82 Å². The second kappa shape index (κ2) is 6.47. The molecule has 0 atom stereocenters. The Hall–Kier alpha value is -2.24. The molecule has 1 amide bonds. The maximum Gasteiger partial charge on any atom is 0.316 e. The van der Waals surface area contributed by atoms with E-state index in [-0.39, 0.29) is 17.8 Å². The summed E-state index contributed by atoms with van der Waals surface area (Å²) >= 11 is 0. The smallest absolute Gasteiger partial charge is 0.316 e. The van der Waals surface area contributed by atoms with Gasteiger partial charge >= 0.3 is 11.8 Å². The highest BCUT2D eigenvalue weighted by molar-refractivity contribution is 5.90. The first-order valence-electron chi connectivity index (χ1n) is 7.38. The second-order valence-corrected chi connectivity index (χ2v) is 5.33. The van der Waals surface area contributed by atoms with Crippen LogP contribution in [0.2, 0.25) is 0 Å². The summed E-state index contributed by atoms with van der Waals surface area (Å²) in [7, 11) is 0. The van der Waals surface area contributed by atoms with Gasteiger partial charge in [0.2, 0.25) is 5.82 Å². The first-order valence-corrected chi connectivity index (χ1v) is 7.38. The number of pyridine rings is 1. The summed E-state index contributed by atoms with van der Waals surface area (Å²) in [4.78, 5) is 20.3. The average molecular weight is 286 g/mol. The monoisotopic (exact) mass is 286 g/mol. The van der Waals surface area contributed by atoms with Crippen molar-refractivity contribution in [1.82, 2.24) is 20.4 Å². The SMILES string of the molecule is O=C(NC1CCCCCC1)c1nc(-c2cccnc2)no1. The van der Waals surface area contributed by atoms with Gasteiger partial charge in [-0.25, -0.2) is 0 Å². The number of hydrogen-bond donors (Lipinski definition) is 1. The molecule has 2 aromatic rings. The Morgan fingerprint density at radius 3 is 2.76 bits per heavy atom. The summed E-state index contributed by atoms with van der Waals surface area (Å²) in [5.74, 6) is 0.108. The van der Waals surface area contributed by atoms with Gasteiger partial charge in [0.1, 0.15) is 0 Å². The summed E-state index contributed by atoms with van der Waals surface area (Å²) in [5, 5.41) is 6.82. The van der Waals surface area contributed by atoms with Crippen molar-refractivity contribution in [2.75, 3.05) is 0 Å². The van der Waals surface area contributed by atoms with Gasteiger partial charge in [-0.05, 0) is 25.0 Å². The van der Waals surface area contributed by atoms with Gasteiger partial charge < -0.3 is 9.84 Å². The molecule has 1 fully saturated rings. The molecule has 3 rings (SSSR count). The van der Waals surface area contributed by atoms with Crippen LogP contribution >= 0.6 is 0 Å². The van der Waals surface area contributed by atoms with Crippen LogP contribution in [0, 0.1) is 0 Å². The molecule has 0 aromatic carbocycles. The van der Waals surface area contributed by atoms with Crippen LogP contribution in [0.4, 0.5) is 0 Å². The van der Waals surface area contributed by atoms with E-state index < -0.39 is 0 Å². The molecule has 0 aliphatic heterocycles. The molecule has 0 saturated heterocycles. The van der Waals surface area contributed by atoms with Crippen LogP contribution in [-0.4, -0.2) is 27.1 Å². The van der Waals surface area contributed by atoms with Crippen molar-refractivity contribution in [2.45, 2.75) is 44.6 Å². The molecule has 1 aliphatic carbocycles. The van der Waals surface area contributed by atoms with E-state index >= 15 is 0 Å². The van der Waals surface area contributed by atoms with E-state index in [1.54, 1.807) is 18.5 Å². The van der Waals surface area contributed by atoms with Crippen LogP contribution in [0.5, 0.6) is 0 Å². The lowest BCUT2D eigenvalue weighted by Crippen LogP contribution is -2.34. The number of rotatable bonds is 3. The molecule has 2 heterocycles. The predicted molar refractivity (Wildman–Crippen MR) is 76.5 cm³/mol. The minimum Gasteiger partial charge on any atom is -0.345 e. The Morgan fingerprint density at radius 1 is 1.24 bits per heavy atom. The Bertz CT molecular complexity index is 589. The van der Waals surface area contributed by atoms with Gasteiger partial charge in [-0.3, -0.25) is 9.78 Å². The maximum atomic E-state index is 12.1. The van der Waals surface area contributed by atoms with Gasteiger partial charge in [0, 0.05) is 24.0 Å². The summed E-state index contributed by atoms with van der Waals surface area (Å²) in [5.41, 5.74) is 0.731. The third kappa shape index (κ3) is 3.45. The molecule has 21 heavy (non-hydrogen) atoms. The molecular formula is C15H18N4O2. The number of carbonyl (C=O) groups excluding carboxylic acids is 1. The number of nitrogens with one attached hydrogen (secondary N) is 1. The third-order valence-corrected chi connectivity index (χ3v) is 3.73. The number of nitrogens with zero attached hydrogens (tertiary/aromatic N) is 3. The topological polar surface area (TPSA) is 80.9 Å². The first kappa shape index (κ1) is 13.7. The quantitative estimate of drug-likeness (QED) is 0.877. The number of carbonyl (C=O) groups is 1. The van der Waals surface area contributed by atoms with E-state index in [2.05, 4.69) is 20.4 Å². The normalized spacial score (nSPS) is 16.4. The highest BCUT2D eigenvalue weighted by Gasteiger charge is 2.20. The molecule has 6 heteroatoms. The highest BCUT2D eigenvalue weighted by Crippen LogP contribution is 2.18. The molecule has 1 aliphatic rings. The Kier molecular flexibility index (Phi) is 4.23. The first-order chi connectivity index (χ1) is 10.3. The number of amides is 1. The fourth-order valence-electron chi connectivity index (χ4n) is 2.60. The molecule has 0 spiro atoms. The molecule has 2 aromatic heterocycles. The van der Waals surface area contributed by atoms with E-state index in [4.69, 9.17) is 4.52 Å². The van der Waals surface area contributed by atoms with E-state index in [1.807, 2.05) is 6.07 Å². The van der Waals surface area contributed by atoms with Crippen molar-refractivity contribution >= 4 is 5.91 Å². The zero-order chi connectivity index (χ0) is 14.5. The van der Waals surface area contributed by atoms with Crippen molar-refractivity contribution in [3.8, 4) is 11.4 Å². The molecular weight excluding hydrogens is 268 g/mol. The molecule has 0 radical (unpaired) electrons. The lowest BCUT2D eigenvalue weighted by molar-refractivity contribution is 0.0889. The maximum absolute atomic E-state index is 12.1. The molecule has 1 N–H and O–H groups in total. The number of hydrogen-bond acceptors (Lipinski definition) is 5. The second-order valence-electron chi connectivity index (χ2n) is 5.33. The Morgan fingerprint density at radius 2 is 2.05 bits per heavy atom. The van der Waals surface area contributed by atoms with Crippen molar-refractivity contribution in [2.24, 2.45) is 0 Å². The van der Waals surface area contributed by atoms with Gasteiger partial charge in [-0.2, -0.15) is 4.98 Å². The Labute approximate surface area is 123 Å². The standard InChI is InChI=1S/C15H18N4O2/c20-14(17-12-7-3-1-2-4-8-12)15-18-13(19-21-15)11-6-5-9-16-10-11/h5-6,9-10,12H,1-4,7-8H2,(H,17,20). The van der Waals surface area contributed by atoms with Crippen molar-refractivity contribution in [1.29, 1.82) is 0 Å². The van der Waals surface area contributed by atoms with Crippen molar-refractivity contribution < 1.29 is 9.32 Å². The van der Waals surface area contributed by atoms with Gasteiger partial charge in [-0.1, -0.05) is 30.8 Å². The van der Waals surface area contributed by atoms with Crippen LogP contribution in [0.15, 0.2) is 29.0 Å². The molecule has 0 unspecified atom stereocenters. The zero-order valence-electron chi connectivity index (χ0n) is 11.8. The highest BCUT2D eigenvalue weighted by atomic mass is 16.5. The van der Waals surface area contributed by atoms with Crippen LogP contribution in [0.3, 0.4) is 0 Å². The van der Waals surface area contributed by atoms with Crippen LogP contribution < -0.4 is 5.32 Å². The van der Waals surface area contributed by atoms with Gasteiger partial charge in [0.25, 0.3) is 0 Å². The fourth-order valence-corrected chi connectivity index (χ4v) is 2.60. The van der Waals surface area contributed by atoms with Gasteiger partial charge in [-0.15, -0.1) is 0 Å². The summed E-state index contributed by atoms with van der Waals surface area (Å²) in [6.07, 6.45) is 10.2. The minimum atomic E-state index is -0.287. The van der Waals surface area contributed by atoms with Gasteiger partial charge in [0.15, 0.2) is 0 Å². The zero-order valence-corrected chi connectivity index (χ0v) is 11.8. The van der Waals surface area contributed by atoms with Crippen molar-refractivity contribution in [3.63, 3.8) is 0 Å². The molecule has 6 nitrogen and oxygen atoms in total. The van der Waals surface area contributed by atoms with Crippen LogP contribution in [0.25, 0.3) is 11.4 Å². The van der Waals surface area contributed by atoms with E-state index in [1.165, 1.54) is 12.8 Å². The predicted octanol–water partition coefficient (Wildman–Crippen LogP) is 2.58. The largest absolute Gasteiger partial charge is 0.345 e. The van der Waals surface area contributed by atoms with E-state index in [0.717, 1.165) is 31.2 Å². The van der Waals surface area contributed by atoms with Gasteiger partial charge in [0.05, 0.1) is 0 Å². The van der Waals surface area contributed by atoms with E-state index in [9.17, 15) is 4.79 Å². The van der Waals surface area contributed by atoms with Crippen LogP contribution in [0.1, 0.15) is 49.2 Å². The summed E-state index contributed by atoms with van der Waals surface area (Å²) in [6.45, 7) is 0. The average Bonchev–Trinajstić information content (AvgIpc) is 2.88. The summed E-state index contributed by atoms with van der Waals surface area (Å²) in [6, 6.07) is 3.83. The fraction of sp³-hybridized carbons (Fsp3) is 0.467. The molecule has 1 saturated carbocycles. The lowest BCUT2D eigenvalue weighted by atomic mass is 10.1. The minimum absolute atomic E-state index is 0.0121. The lowest BCUT2D eigenvalue weighted by Gasteiger charge is -2.14. The van der Waals surface area contributed by atoms with Crippen LogP contribution in [-0.2, 0) is 0 Å². The van der Waals surface area contributed by atoms with Crippen molar-refractivity contribution in [3.05, 3.63) is 30.4 Å². The molecule has 110 valence electrons.